The number of rotatable bonds is 4. The van der Waals surface area contributed by atoms with Gasteiger partial charge in [-0.2, -0.15) is 5.26 Å². The van der Waals surface area contributed by atoms with Crippen molar-refractivity contribution < 1.29 is 20.4 Å². The van der Waals surface area contributed by atoms with E-state index >= 15 is 0 Å². The molecule has 234 valence electrons. The Bertz CT molecular complexity index is 1410. The predicted octanol–water partition coefficient (Wildman–Crippen LogP) is 10.8. The average Bonchev–Trinajstić information content (AvgIpc) is 2.82. The van der Waals surface area contributed by atoms with Crippen LogP contribution in [0.15, 0.2) is 59.6 Å². The van der Waals surface area contributed by atoms with Gasteiger partial charge in [0, 0.05) is 30.5 Å². The van der Waals surface area contributed by atoms with Gasteiger partial charge in [0.25, 0.3) is 0 Å². The fraction of sp³-hybridized carbons (Fsp3) is 0.436. The normalized spacial score (nSPS) is 12.3. The van der Waals surface area contributed by atoms with Crippen molar-refractivity contribution in [1.29, 1.82) is 5.26 Å². The largest absolute Gasteiger partial charge is 2.00 e. The summed E-state index contributed by atoms with van der Waals surface area (Å²) in [7, 11) is 0.537. The Morgan fingerprint density at radius 1 is 0.744 bits per heavy atom. The molecule has 1 unspecified atom stereocenters. The van der Waals surface area contributed by atoms with Gasteiger partial charge in [-0.15, -0.1) is 0 Å². The van der Waals surface area contributed by atoms with Crippen molar-refractivity contribution in [3.05, 3.63) is 101 Å². The minimum absolute atomic E-state index is 0. The maximum atomic E-state index is 7.32. The van der Waals surface area contributed by atoms with E-state index < -0.39 is 0 Å². The van der Waals surface area contributed by atoms with Crippen LogP contribution in [0.5, 0.6) is 0 Å². The van der Waals surface area contributed by atoms with Crippen LogP contribution in [0, 0.1) is 39.5 Å². The van der Waals surface area contributed by atoms with Crippen molar-refractivity contribution in [2.75, 3.05) is 0 Å². The first-order chi connectivity index (χ1) is 18.8. The summed E-state index contributed by atoms with van der Waals surface area (Å²) < 4.78 is 0. The van der Waals surface area contributed by atoms with Gasteiger partial charge in [0.05, 0.1) is 11.8 Å². The zero-order chi connectivity index (χ0) is 31.3. The van der Waals surface area contributed by atoms with Gasteiger partial charge in [-0.05, 0) is 53.7 Å². The molecule has 0 aliphatic carbocycles. The molecule has 0 saturated carbocycles. The quantitative estimate of drug-likeness (QED) is 0.116. The standard InChI is InChI=1S/C36H48NP.C2H3N.CH3.Pd/c1-23-19-24(2)31(25(3)20-23)37-32(27-17-15-14-16-18-27)26(4)38-33-29(35(8,9)10)21-28(34(5,6)7)22-30(33)36(11,12)13;1-2-3;;/h14-22H,1-13H3;1H3;1H3;/q;;-1;+2/p+1. The molecule has 3 aromatic carbocycles. The number of aliphatic imine (C=N–C) groups is 1. The first kappa shape index (κ1) is 40.7. The monoisotopic (exact) mass is 688 g/mol. The Morgan fingerprint density at radius 2 is 1.16 bits per heavy atom. The van der Waals surface area contributed by atoms with Crippen LogP contribution in [-0.4, -0.2) is 11.0 Å². The Balaban J connectivity index is 0.00000338. The van der Waals surface area contributed by atoms with E-state index in [1.165, 1.54) is 56.5 Å². The molecular formula is C39H55N2PPd+2. The Morgan fingerprint density at radius 3 is 1.53 bits per heavy atom. The zero-order valence-electron chi connectivity index (χ0n) is 29.4. The molecule has 0 aliphatic heterocycles. The number of hydrogen-bond acceptors (Lipinski definition) is 2. The van der Waals surface area contributed by atoms with Gasteiger partial charge in [0.2, 0.25) is 0 Å². The molecule has 2 nitrogen and oxygen atoms in total. The van der Waals surface area contributed by atoms with Gasteiger partial charge in [0.15, 0.2) is 5.30 Å². The molecule has 0 aromatic heterocycles. The van der Waals surface area contributed by atoms with E-state index in [1.807, 2.05) is 0 Å². The molecular weight excluding hydrogens is 634 g/mol. The van der Waals surface area contributed by atoms with Crippen LogP contribution in [0.4, 0.5) is 5.69 Å². The molecule has 0 saturated heterocycles. The van der Waals surface area contributed by atoms with Crippen molar-refractivity contribution in [2.45, 2.75) is 113 Å². The molecule has 0 N–H and O–H groups in total. The number of hydrogen-bond donors (Lipinski definition) is 0. The fourth-order valence-corrected chi connectivity index (χ4v) is 6.92. The molecule has 0 bridgehead atoms. The molecule has 1 atom stereocenters. The van der Waals surface area contributed by atoms with Crippen molar-refractivity contribution >= 4 is 30.2 Å². The summed E-state index contributed by atoms with van der Waals surface area (Å²) >= 11 is 0. The molecule has 3 aromatic rings. The van der Waals surface area contributed by atoms with Crippen molar-refractivity contribution in [3.8, 4) is 6.07 Å². The first-order valence-corrected chi connectivity index (χ1v) is 15.6. The second-order valence-electron chi connectivity index (χ2n) is 14.2. The van der Waals surface area contributed by atoms with Gasteiger partial charge >= 0.3 is 20.4 Å². The summed E-state index contributed by atoms with van der Waals surface area (Å²) in [4.78, 5) is 5.39. The van der Waals surface area contributed by atoms with Gasteiger partial charge < -0.3 is 7.43 Å². The number of benzene rings is 3. The van der Waals surface area contributed by atoms with E-state index in [2.05, 4.69) is 145 Å². The average molecular weight is 689 g/mol. The minimum Gasteiger partial charge on any atom is -0.358 e. The van der Waals surface area contributed by atoms with Crippen molar-refractivity contribution in [1.82, 2.24) is 0 Å². The van der Waals surface area contributed by atoms with Gasteiger partial charge in [-0.25, -0.2) is 4.99 Å². The summed E-state index contributed by atoms with van der Waals surface area (Å²) in [6.07, 6.45) is 0. The van der Waals surface area contributed by atoms with Crippen LogP contribution in [0.25, 0.3) is 0 Å². The third kappa shape index (κ3) is 10.9. The van der Waals surface area contributed by atoms with E-state index in [9.17, 15) is 0 Å². The second-order valence-corrected chi connectivity index (χ2v) is 15.7. The topological polar surface area (TPSA) is 36.1 Å². The van der Waals surface area contributed by atoms with Crippen LogP contribution in [-0.2, 0) is 36.7 Å². The molecule has 43 heavy (non-hydrogen) atoms. The van der Waals surface area contributed by atoms with Crippen LogP contribution in [0.1, 0.15) is 115 Å². The predicted molar refractivity (Wildman–Crippen MR) is 192 cm³/mol. The smallest absolute Gasteiger partial charge is 0.358 e. The Hall–Kier alpha value is -2.35. The van der Waals surface area contributed by atoms with Crippen molar-refractivity contribution in [3.63, 3.8) is 0 Å². The molecule has 0 spiro atoms. The summed E-state index contributed by atoms with van der Waals surface area (Å²) in [6, 6.07) is 21.9. The second kappa shape index (κ2) is 16.1. The molecule has 0 fully saturated rings. The summed E-state index contributed by atoms with van der Waals surface area (Å²) in [6.45, 7) is 31.4. The Labute approximate surface area is 279 Å². The minimum atomic E-state index is 0. The van der Waals surface area contributed by atoms with E-state index in [0.29, 0.717) is 8.20 Å². The van der Waals surface area contributed by atoms with Crippen molar-refractivity contribution in [2.24, 2.45) is 4.99 Å². The molecule has 0 radical (unpaired) electrons. The zero-order valence-corrected chi connectivity index (χ0v) is 32.0. The van der Waals surface area contributed by atoms with Crippen LogP contribution in [0.2, 0.25) is 0 Å². The first-order valence-electron chi connectivity index (χ1n) is 14.6. The molecule has 3 rings (SSSR count). The summed E-state index contributed by atoms with van der Waals surface area (Å²) in [5.74, 6) is 0. The SMILES string of the molecule is C/C(=[PH+]\c1c(C(C)(C)C)cc(C(C)(C)C)cc1C(C)(C)C)C(=Nc1c(C)cc(C)cc1C)c1ccccc1.CC#N.[CH3-].[Pd+2]. The number of nitriles is 1. The third-order valence-electron chi connectivity index (χ3n) is 7.19. The van der Waals surface area contributed by atoms with Crippen LogP contribution >= 0.6 is 8.20 Å². The molecule has 4 heteroatoms. The number of aryl methyl sites for hydroxylation is 3. The van der Waals surface area contributed by atoms with E-state index in [-0.39, 0.29) is 44.1 Å². The van der Waals surface area contributed by atoms with Crippen LogP contribution in [0.3, 0.4) is 0 Å². The summed E-state index contributed by atoms with van der Waals surface area (Å²) in [5, 5.41) is 10.1. The van der Waals surface area contributed by atoms with Crippen LogP contribution < -0.4 is 5.30 Å². The molecule has 0 heterocycles. The fourth-order valence-electron chi connectivity index (χ4n) is 5.06. The molecule has 0 aliphatic rings. The third-order valence-corrected chi connectivity index (χ3v) is 8.59. The summed E-state index contributed by atoms with van der Waals surface area (Å²) in [5.41, 5.74) is 11.6. The maximum Gasteiger partial charge on any atom is 2.00 e. The number of nitrogens with zero attached hydrogens (tertiary/aromatic N) is 2. The Kier molecular flexibility index (Phi) is 15.2. The molecule has 0 amide bonds. The van der Waals surface area contributed by atoms with Gasteiger partial charge in [-0.1, -0.05) is 122 Å². The van der Waals surface area contributed by atoms with Gasteiger partial charge in [0.1, 0.15) is 19.2 Å². The van der Waals surface area contributed by atoms with E-state index in [1.54, 1.807) is 6.07 Å². The maximum absolute atomic E-state index is 7.32. The van der Waals surface area contributed by atoms with Gasteiger partial charge in [-0.3, -0.25) is 0 Å². The van der Waals surface area contributed by atoms with E-state index in [4.69, 9.17) is 10.3 Å². The van der Waals surface area contributed by atoms with E-state index in [0.717, 1.165) is 11.4 Å².